The standard InChI is InChI=1S/C19H22ClN5O3S/c1-12-3-4-14(20)9-16(12)22-17(27)10-15-11-29-18(21-15)23-19(28)25-7-5-24(6-8-25)13(2)26/h3-4,9,11H,5-8,10H2,1-2H3,(H,22,27)(H,21,23,28). The number of anilines is 2. The molecule has 4 amide bonds. The average Bonchev–Trinajstić information content (AvgIpc) is 3.11. The summed E-state index contributed by atoms with van der Waals surface area (Å²) in [5.74, 6) is -0.195. The number of nitrogens with zero attached hydrogens (tertiary/aromatic N) is 3. The molecule has 1 aromatic heterocycles. The number of urea groups is 1. The van der Waals surface area contributed by atoms with Crippen molar-refractivity contribution in [3.8, 4) is 0 Å². The molecule has 2 heterocycles. The van der Waals surface area contributed by atoms with Crippen LogP contribution in [0.25, 0.3) is 0 Å². The molecule has 0 atom stereocenters. The molecule has 1 aliphatic rings. The van der Waals surface area contributed by atoms with Gasteiger partial charge in [-0.1, -0.05) is 17.7 Å². The number of rotatable bonds is 4. The smallest absolute Gasteiger partial charge is 0.323 e. The van der Waals surface area contributed by atoms with Crippen LogP contribution in [0.1, 0.15) is 18.2 Å². The lowest BCUT2D eigenvalue weighted by atomic mass is 10.2. The van der Waals surface area contributed by atoms with Crippen LogP contribution in [-0.2, 0) is 16.0 Å². The van der Waals surface area contributed by atoms with Crippen molar-refractivity contribution in [3.63, 3.8) is 0 Å². The van der Waals surface area contributed by atoms with E-state index in [0.29, 0.717) is 47.7 Å². The van der Waals surface area contributed by atoms with Gasteiger partial charge in [0.2, 0.25) is 11.8 Å². The Bertz CT molecular complexity index is 924. The minimum Gasteiger partial charge on any atom is -0.339 e. The molecule has 0 spiro atoms. The number of hydrogen-bond donors (Lipinski definition) is 2. The molecule has 0 bridgehead atoms. The Labute approximate surface area is 177 Å². The topological polar surface area (TPSA) is 94.6 Å². The second-order valence-electron chi connectivity index (χ2n) is 6.75. The van der Waals surface area contributed by atoms with Gasteiger partial charge in [-0.05, 0) is 24.6 Å². The molecule has 0 saturated carbocycles. The van der Waals surface area contributed by atoms with E-state index in [2.05, 4.69) is 15.6 Å². The lowest BCUT2D eigenvalue weighted by Crippen LogP contribution is -2.51. The van der Waals surface area contributed by atoms with Gasteiger partial charge in [-0.3, -0.25) is 14.9 Å². The first kappa shape index (κ1) is 21.1. The molecule has 154 valence electrons. The van der Waals surface area contributed by atoms with E-state index in [-0.39, 0.29) is 24.3 Å². The number of hydrogen-bond acceptors (Lipinski definition) is 5. The highest BCUT2D eigenvalue weighted by atomic mass is 35.5. The highest BCUT2D eigenvalue weighted by Gasteiger charge is 2.23. The Morgan fingerprint density at radius 3 is 2.52 bits per heavy atom. The van der Waals surface area contributed by atoms with E-state index in [0.717, 1.165) is 5.56 Å². The molecule has 1 aliphatic heterocycles. The van der Waals surface area contributed by atoms with Gasteiger partial charge in [0.25, 0.3) is 0 Å². The van der Waals surface area contributed by atoms with E-state index in [1.807, 2.05) is 13.0 Å². The third-order valence-electron chi connectivity index (χ3n) is 4.59. The van der Waals surface area contributed by atoms with E-state index in [1.54, 1.807) is 27.3 Å². The highest BCUT2D eigenvalue weighted by molar-refractivity contribution is 7.13. The molecule has 0 radical (unpaired) electrons. The Balaban J connectivity index is 1.51. The number of benzene rings is 1. The number of carbonyl (C=O) groups is 3. The minimum atomic E-state index is -0.256. The number of halogens is 1. The second-order valence-corrected chi connectivity index (χ2v) is 8.05. The van der Waals surface area contributed by atoms with E-state index >= 15 is 0 Å². The van der Waals surface area contributed by atoms with Crippen LogP contribution in [0.4, 0.5) is 15.6 Å². The molecule has 1 saturated heterocycles. The molecular formula is C19H22ClN5O3S. The van der Waals surface area contributed by atoms with E-state index in [4.69, 9.17) is 11.6 Å². The molecule has 1 fully saturated rings. The second kappa shape index (κ2) is 9.23. The van der Waals surface area contributed by atoms with Crippen molar-refractivity contribution in [2.24, 2.45) is 0 Å². The summed E-state index contributed by atoms with van der Waals surface area (Å²) in [5.41, 5.74) is 2.15. The van der Waals surface area contributed by atoms with Crippen LogP contribution in [0, 0.1) is 6.92 Å². The van der Waals surface area contributed by atoms with Crippen molar-refractivity contribution in [3.05, 3.63) is 39.9 Å². The van der Waals surface area contributed by atoms with Crippen LogP contribution in [-0.4, -0.2) is 58.8 Å². The Morgan fingerprint density at radius 2 is 1.83 bits per heavy atom. The minimum absolute atomic E-state index is 0.0147. The number of aromatic nitrogens is 1. The molecule has 2 aromatic rings. The number of thiazole rings is 1. The zero-order valence-electron chi connectivity index (χ0n) is 16.2. The van der Waals surface area contributed by atoms with E-state index in [1.165, 1.54) is 18.3 Å². The van der Waals surface area contributed by atoms with Crippen molar-refractivity contribution in [2.75, 3.05) is 36.8 Å². The van der Waals surface area contributed by atoms with Crippen LogP contribution in [0.15, 0.2) is 23.6 Å². The number of carbonyl (C=O) groups excluding carboxylic acids is 3. The molecule has 0 aliphatic carbocycles. The maximum Gasteiger partial charge on any atom is 0.323 e. The molecule has 1 aromatic carbocycles. The highest BCUT2D eigenvalue weighted by Crippen LogP contribution is 2.21. The first-order valence-corrected chi connectivity index (χ1v) is 10.4. The summed E-state index contributed by atoms with van der Waals surface area (Å²) in [7, 11) is 0. The number of amides is 4. The fourth-order valence-electron chi connectivity index (χ4n) is 2.93. The zero-order valence-corrected chi connectivity index (χ0v) is 17.8. The van der Waals surface area contributed by atoms with Gasteiger partial charge < -0.3 is 15.1 Å². The molecule has 8 nitrogen and oxygen atoms in total. The lowest BCUT2D eigenvalue weighted by molar-refractivity contribution is -0.130. The molecular weight excluding hydrogens is 414 g/mol. The van der Waals surface area contributed by atoms with Crippen LogP contribution >= 0.6 is 22.9 Å². The van der Waals surface area contributed by atoms with Crippen molar-refractivity contribution >= 4 is 51.6 Å². The lowest BCUT2D eigenvalue weighted by Gasteiger charge is -2.33. The zero-order chi connectivity index (χ0) is 21.0. The first-order valence-electron chi connectivity index (χ1n) is 9.13. The van der Waals surface area contributed by atoms with Crippen molar-refractivity contribution in [2.45, 2.75) is 20.3 Å². The van der Waals surface area contributed by atoms with E-state index in [9.17, 15) is 14.4 Å². The summed E-state index contributed by atoms with van der Waals surface area (Å²) in [5, 5.41) is 8.31. The van der Waals surface area contributed by atoms with Crippen LogP contribution < -0.4 is 10.6 Å². The van der Waals surface area contributed by atoms with Gasteiger partial charge >= 0.3 is 6.03 Å². The SMILES string of the molecule is CC(=O)N1CCN(C(=O)Nc2nc(CC(=O)Nc3cc(Cl)ccc3C)cs2)CC1. The van der Waals surface area contributed by atoms with Gasteiger partial charge in [-0.25, -0.2) is 9.78 Å². The Kier molecular flexibility index (Phi) is 6.71. The van der Waals surface area contributed by atoms with E-state index < -0.39 is 0 Å². The van der Waals surface area contributed by atoms with Gasteiger partial charge in [0.1, 0.15) is 0 Å². The predicted molar refractivity (Wildman–Crippen MR) is 113 cm³/mol. The first-order chi connectivity index (χ1) is 13.8. The van der Waals surface area contributed by atoms with Crippen molar-refractivity contribution in [1.82, 2.24) is 14.8 Å². The maximum absolute atomic E-state index is 12.4. The normalized spacial score (nSPS) is 13.9. The van der Waals surface area contributed by atoms with Gasteiger partial charge in [0, 0.05) is 49.2 Å². The molecule has 3 rings (SSSR count). The summed E-state index contributed by atoms with van der Waals surface area (Å²) in [4.78, 5) is 43.7. The fraction of sp³-hybridized carbons (Fsp3) is 0.368. The van der Waals surface area contributed by atoms with Gasteiger partial charge in [-0.2, -0.15) is 0 Å². The number of nitrogens with one attached hydrogen (secondary N) is 2. The molecule has 10 heteroatoms. The summed E-state index contributed by atoms with van der Waals surface area (Å²) < 4.78 is 0. The largest absolute Gasteiger partial charge is 0.339 e. The van der Waals surface area contributed by atoms with Crippen molar-refractivity contribution < 1.29 is 14.4 Å². The average molecular weight is 436 g/mol. The maximum atomic E-state index is 12.4. The summed E-state index contributed by atoms with van der Waals surface area (Å²) in [6, 6.07) is 5.05. The third-order valence-corrected chi connectivity index (χ3v) is 5.63. The van der Waals surface area contributed by atoms with Crippen molar-refractivity contribution in [1.29, 1.82) is 0 Å². The van der Waals surface area contributed by atoms with Gasteiger partial charge in [0.15, 0.2) is 5.13 Å². The monoisotopic (exact) mass is 435 g/mol. The van der Waals surface area contributed by atoms with Gasteiger partial charge in [-0.15, -0.1) is 11.3 Å². The Morgan fingerprint density at radius 1 is 1.14 bits per heavy atom. The molecule has 2 N–H and O–H groups in total. The summed E-state index contributed by atoms with van der Waals surface area (Å²) in [6.45, 7) is 5.41. The summed E-state index contributed by atoms with van der Waals surface area (Å²) >= 11 is 7.24. The third kappa shape index (κ3) is 5.68. The molecule has 0 unspecified atom stereocenters. The predicted octanol–water partition coefficient (Wildman–Crippen LogP) is 2.98. The van der Waals surface area contributed by atoms with Gasteiger partial charge in [0.05, 0.1) is 12.1 Å². The summed E-state index contributed by atoms with van der Waals surface area (Å²) in [6.07, 6.45) is 0.0929. The molecule has 29 heavy (non-hydrogen) atoms. The van der Waals surface area contributed by atoms with Crippen LogP contribution in [0.3, 0.4) is 0 Å². The quantitative estimate of drug-likeness (QED) is 0.771. The number of piperazine rings is 1. The number of aryl methyl sites for hydroxylation is 1. The fourth-order valence-corrected chi connectivity index (χ4v) is 3.80. The Hall–Kier alpha value is -2.65. The van der Waals surface area contributed by atoms with Crippen LogP contribution in [0.2, 0.25) is 5.02 Å². The van der Waals surface area contributed by atoms with Crippen LogP contribution in [0.5, 0.6) is 0 Å².